The van der Waals surface area contributed by atoms with E-state index in [1.54, 1.807) is 7.11 Å². The van der Waals surface area contributed by atoms with Gasteiger partial charge in [-0.3, -0.25) is 9.69 Å². The highest BCUT2D eigenvalue weighted by atomic mass is 16.5. The van der Waals surface area contributed by atoms with Gasteiger partial charge >= 0.3 is 0 Å². The molecule has 1 saturated heterocycles. The summed E-state index contributed by atoms with van der Waals surface area (Å²) in [4.78, 5) is 15.1. The fourth-order valence-electron chi connectivity index (χ4n) is 3.72. The van der Waals surface area contributed by atoms with Crippen LogP contribution in [0, 0.1) is 6.92 Å². The standard InChI is InChI=1S/C22H28N2O2/c1-17-10-4-5-11-18(17)22(25)23-16-20(24-14-8-3-9-15-24)19-12-6-7-13-21(19)26-2/h4-7,10-13,20H,3,8-9,14-16H2,1-2H3,(H,23,25). The number of rotatable bonds is 6. The first-order valence-electron chi connectivity index (χ1n) is 9.41. The molecule has 4 nitrogen and oxygen atoms in total. The molecule has 1 heterocycles. The van der Waals surface area contributed by atoms with Crippen LogP contribution in [0.1, 0.15) is 46.8 Å². The number of piperidine rings is 1. The predicted octanol–water partition coefficient (Wildman–Crippen LogP) is 3.96. The second kappa shape index (κ2) is 8.86. The molecular formula is C22H28N2O2. The molecule has 0 radical (unpaired) electrons. The highest BCUT2D eigenvalue weighted by Gasteiger charge is 2.25. The number of para-hydroxylation sites is 1. The summed E-state index contributed by atoms with van der Waals surface area (Å²) in [7, 11) is 1.71. The first-order chi connectivity index (χ1) is 12.7. The molecule has 4 heteroatoms. The number of carbonyl (C=O) groups is 1. The van der Waals surface area contributed by atoms with Crippen LogP contribution in [0.2, 0.25) is 0 Å². The summed E-state index contributed by atoms with van der Waals surface area (Å²) >= 11 is 0. The molecule has 138 valence electrons. The van der Waals surface area contributed by atoms with Crippen LogP contribution in [0.4, 0.5) is 0 Å². The summed E-state index contributed by atoms with van der Waals surface area (Å²) in [5.41, 5.74) is 2.88. The van der Waals surface area contributed by atoms with Crippen molar-refractivity contribution >= 4 is 5.91 Å². The third-order valence-corrected chi connectivity index (χ3v) is 5.18. The van der Waals surface area contributed by atoms with E-state index in [9.17, 15) is 4.79 Å². The van der Waals surface area contributed by atoms with Gasteiger partial charge in [0.1, 0.15) is 5.75 Å². The summed E-state index contributed by atoms with van der Waals surface area (Å²) in [6.07, 6.45) is 3.69. The van der Waals surface area contributed by atoms with E-state index in [0.717, 1.165) is 35.5 Å². The molecule has 0 spiro atoms. The number of amides is 1. The Hall–Kier alpha value is -2.33. The Bertz CT molecular complexity index is 738. The molecule has 0 aromatic heterocycles. The van der Waals surface area contributed by atoms with Crippen LogP contribution in [0.15, 0.2) is 48.5 Å². The van der Waals surface area contributed by atoms with Crippen LogP contribution in [0.5, 0.6) is 5.75 Å². The van der Waals surface area contributed by atoms with Gasteiger partial charge in [-0.15, -0.1) is 0 Å². The third-order valence-electron chi connectivity index (χ3n) is 5.18. The van der Waals surface area contributed by atoms with Gasteiger partial charge in [-0.25, -0.2) is 0 Å². The molecule has 2 aromatic rings. The summed E-state index contributed by atoms with van der Waals surface area (Å²) in [5, 5.41) is 3.15. The van der Waals surface area contributed by atoms with Crippen LogP contribution in [0.3, 0.4) is 0 Å². The lowest BCUT2D eigenvalue weighted by Crippen LogP contribution is -2.40. The van der Waals surface area contributed by atoms with E-state index >= 15 is 0 Å². The van der Waals surface area contributed by atoms with Gasteiger partial charge in [0.2, 0.25) is 0 Å². The number of nitrogens with zero attached hydrogens (tertiary/aromatic N) is 1. The molecule has 0 saturated carbocycles. The topological polar surface area (TPSA) is 41.6 Å². The van der Waals surface area contributed by atoms with Crippen LogP contribution in [-0.2, 0) is 0 Å². The van der Waals surface area contributed by atoms with Crippen molar-refractivity contribution in [1.82, 2.24) is 10.2 Å². The van der Waals surface area contributed by atoms with Crippen molar-refractivity contribution < 1.29 is 9.53 Å². The number of nitrogens with one attached hydrogen (secondary N) is 1. The second-order valence-electron chi connectivity index (χ2n) is 6.88. The van der Waals surface area contributed by atoms with E-state index in [0.29, 0.717) is 6.54 Å². The molecule has 1 aliphatic heterocycles. The summed E-state index contributed by atoms with van der Waals surface area (Å²) in [5.74, 6) is 0.869. The maximum Gasteiger partial charge on any atom is 0.251 e. The van der Waals surface area contributed by atoms with Gasteiger partial charge in [-0.05, 0) is 50.6 Å². The molecule has 1 amide bonds. The largest absolute Gasteiger partial charge is 0.496 e. The minimum absolute atomic E-state index is 0.0139. The number of aryl methyl sites for hydroxylation is 1. The van der Waals surface area contributed by atoms with E-state index in [-0.39, 0.29) is 11.9 Å². The zero-order valence-electron chi connectivity index (χ0n) is 15.7. The Morgan fingerprint density at radius 1 is 1.08 bits per heavy atom. The zero-order valence-corrected chi connectivity index (χ0v) is 15.7. The molecule has 1 aliphatic rings. The van der Waals surface area contributed by atoms with Crippen molar-refractivity contribution in [2.45, 2.75) is 32.2 Å². The number of methoxy groups -OCH3 is 1. The minimum Gasteiger partial charge on any atom is -0.496 e. The van der Waals surface area contributed by atoms with Gasteiger partial charge in [-0.2, -0.15) is 0 Å². The van der Waals surface area contributed by atoms with Crippen LogP contribution < -0.4 is 10.1 Å². The Labute approximate surface area is 156 Å². The van der Waals surface area contributed by atoms with Crippen molar-refractivity contribution in [3.63, 3.8) is 0 Å². The van der Waals surface area contributed by atoms with Crippen molar-refractivity contribution in [1.29, 1.82) is 0 Å². The van der Waals surface area contributed by atoms with Gasteiger partial charge < -0.3 is 10.1 Å². The fourth-order valence-corrected chi connectivity index (χ4v) is 3.72. The normalized spacial score (nSPS) is 16.1. The smallest absolute Gasteiger partial charge is 0.251 e. The molecule has 1 unspecified atom stereocenters. The second-order valence-corrected chi connectivity index (χ2v) is 6.88. The van der Waals surface area contributed by atoms with Gasteiger partial charge in [0.25, 0.3) is 5.91 Å². The lowest BCUT2D eigenvalue weighted by atomic mass is 10.00. The Morgan fingerprint density at radius 2 is 1.77 bits per heavy atom. The number of ether oxygens (including phenoxy) is 1. The molecule has 26 heavy (non-hydrogen) atoms. The maximum atomic E-state index is 12.7. The summed E-state index contributed by atoms with van der Waals surface area (Å²) < 4.78 is 5.59. The highest BCUT2D eigenvalue weighted by Crippen LogP contribution is 2.31. The molecular weight excluding hydrogens is 324 g/mol. The van der Waals surface area contributed by atoms with Gasteiger partial charge in [-0.1, -0.05) is 42.8 Å². The maximum absolute atomic E-state index is 12.7. The molecule has 2 aromatic carbocycles. The molecule has 3 rings (SSSR count). The van der Waals surface area contributed by atoms with Gasteiger partial charge in [0.15, 0.2) is 0 Å². The SMILES string of the molecule is COc1ccccc1C(CNC(=O)c1ccccc1C)N1CCCCC1. The average Bonchev–Trinajstić information content (AvgIpc) is 2.69. The molecule has 1 atom stereocenters. The predicted molar refractivity (Wildman–Crippen MR) is 105 cm³/mol. The number of hydrogen-bond acceptors (Lipinski definition) is 3. The lowest BCUT2D eigenvalue weighted by Gasteiger charge is -2.35. The quantitative estimate of drug-likeness (QED) is 0.855. The van der Waals surface area contributed by atoms with Gasteiger partial charge in [0.05, 0.1) is 13.2 Å². The van der Waals surface area contributed by atoms with E-state index in [1.807, 2.05) is 49.4 Å². The summed E-state index contributed by atoms with van der Waals surface area (Å²) in [6, 6.07) is 16.0. The molecule has 1 N–H and O–H groups in total. The Morgan fingerprint density at radius 3 is 2.50 bits per heavy atom. The Kier molecular flexibility index (Phi) is 6.29. The first kappa shape index (κ1) is 18.5. The van der Waals surface area contributed by atoms with Crippen LogP contribution >= 0.6 is 0 Å². The van der Waals surface area contributed by atoms with E-state index < -0.39 is 0 Å². The molecule has 1 fully saturated rings. The summed E-state index contributed by atoms with van der Waals surface area (Å²) in [6.45, 7) is 4.66. The number of hydrogen-bond donors (Lipinski definition) is 1. The van der Waals surface area contributed by atoms with Gasteiger partial charge in [0, 0.05) is 17.7 Å². The lowest BCUT2D eigenvalue weighted by molar-refractivity contribution is 0.0922. The average molecular weight is 352 g/mol. The number of likely N-dealkylation sites (tertiary alicyclic amines) is 1. The van der Waals surface area contributed by atoms with Crippen molar-refractivity contribution in [3.8, 4) is 5.75 Å². The van der Waals surface area contributed by atoms with Crippen molar-refractivity contribution in [2.75, 3.05) is 26.7 Å². The van der Waals surface area contributed by atoms with E-state index in [4.69, 9.17) is 4.74 Å². The van der Waals surface area contributed by atoms with E-state index in [2.05, 4.69) is 16.3 Å². The Balaban J connectivity index is 1.80. The third kappa shape index (κ3) is 4.25. The van der Waals surface area contributed by atoms with Crippen LogP contribution in [-0.4, -0.2) is 37.6 Å². The van der Waals surface area contributed by atoms with Crippen LogP contribution in [0.25, 0.3) is 0 Å². The fraction of sp³-hybridized carbons (Fsp3) is 0.409. The number of carbonyl (C=O) groups excluding carboxylic acids is 1. The number of benzene rings is 2. The first-order valence-corrected chi connectivity index (χ1v) is 9.41. The van der Waals surface area contributed by atoms with Crippen molar-refractivity contribution in [2.24, 2.45) is 0 Å². The van der Waals surface area contributed by atoms with Crippen molar-refractivity contribution in [3.05, 3.63) is 65.2 Å². The highest BCUT2D eigenvalue weighted by molar-refractivity contribution is 5.95. The van der Waals surface area contributed by atoms with E-state index in [1.165, 1.54) is 19.3 Å². The monoisotopic (exact) mass is 352 g/mol. The zero-order chi connectivity index (χ0) is 18.4. The minimum atomic E-state index is -0.0139. The molecule has 0 aliphatic carbocycles. The molecule has 0 bridgehead atoms.